The van der Waals surface area contributed by atoms with Gasteiger partial charge in [-0.1, -0.05) is 12.8 Å². The molecule has 1 aromatic heterocycles. The van der Waals surface area contributed by atoms with Gasteiger partial charge in [-0.3, -0.25) is 4.79 Å². The number of phenols is 2. The summed E-state index contributed by atoms with van der Waals surface area (Å²) < 4.78 is 0. The molecule has 1 saturated carbocycles. The molecule has 1 fully saturated rings. The highest BCUT2D eigenvalue weighted by molar-refractivity contribution is 5.61. The number of nitrogens with one attached hydrogen (secondary N) is 1. The van der Waals surface area contributed by atoms with E-state index in [1.807, 2.05) is 0 Å². The predicted octanol–water partition coefficient (Wildman–Crippen LogP) is 2.21. The van der Waals surface area contributed by atoms with Gasteiger partial charge in [-0.25, -0.2) is 0 Å². The molecule has 1 aliphatic carbocycles. The van der Waals surface area contributed by atoms with Crippen molar-refractivity contribution >= 4 is 0 Å². The molecule has 1 aliphatic rings. The third-order valence-electron chi connectivity index (χ3n) is 3.95. The molecule has 0 amide bonds. The van der Waals surface area contributed by atoms with E-state index in [-0.39, 0.29) is 34.7 Å². The monoisotopic (exact) mass is 288 g/mol. The van der Waals surface area contributed by atoms with Crippen LogP contribution in [-0.4, -0.2) is 25.3 Å². The minimum absolute atomic E-state index is 0.0588. The van der Waals surface area contributed by atoms with Gasteiger partial charge in [0.25, 0.3) is 5.56 Å². The normalized spacial score (nSPS) is 15.4. The highest BCUT2D eigenvalue weighted by Crippen LogP contribution is 2.36. The quantitative estimate of drug-likeness (QED) is 0.634. The van der Waals surface area contributed by atoms with Crippen LogP contribution in [0, 0.1) is 0 Å². The fourth-order valence-corrected chi connectivity index (χ4v) is 2.86. The molecule has 2 aromatic rings. The van der Waals surface area contributed by atoms with Gasteiger partial charge in [0, 0.05) is 5.56 Å². The van der Waals surface area contributed by atoms with Crippen LogP contribution in [0.2, 0.25) is 0 Å². The largest absolute Gasteiger partial charge is 0.504 e. The van der Waals surface area contributed by atoms with E-state index in [1.54, 1.807) is 0 Å². The third-order valence-corrected chi connectivity index (χ3v) is 3.95. The van der Waals surface area contributed by atoms with Crippen LogP contribution in [0.3, 0.4) is 0 Å². The highest BCUT2D eigenvalue weighted by Gasteiger charge is 2.24. The van der Waals surface area contributed by atoms with Gasteiger partial charge in [0.05, 0.1) is 5.56 Å². The summed E-state index contributed by atoms with van der Waals surface area (Å²) in [6.45, 7) is 0. The first-order valence-corrected chi connectivity index (χ1v) is 6.92. The van der Waals surface area contributed by atoms with Crippen LogP contribution in [-0.2, 0) is 0 Å². The maximum Gasteiger partial charge on any atom is 0.258 e. The lowest BCUT2D eigenvalue weighted by molar-refractivity contribution is 0.404. The molecule has 0 unspecified atom stereocenters. The van der Waals surface area contributed by atoms with Gasteiger partial charge in [-0.15, -0.1) is 0 Å². The number of aromatic amines is 1. The number of H-pyrrole nitrogens is 1. The standard InChI is InChI=1S/C15H16N2O4/c18-10-6-5-9(7-11(10)19)13-16-14(20)12(15(21)17-13)8-3-1-2-4-8/h5-8,18-19H,1-4H2,(H2,16,17,20,21). The molecule has 21 heavy (non-hydrogen) atoms. The number of aromatic nitrogens is 2. The molecule has 0 spiro atoms. The Labute approximate surface area is 120 Å². The second kappa shape index (κ2) is 5.12. The van der Waals surface area contributed by atoms with E-state index in [0.717, 1.165) is 25.7 Å². The van der Waals surface area contributed by atoms with Crippen molar-refractivity contribution < 1.29 is 15.3 Å². The molecule has 3 rings (SSSR count). The lowest BCUT2D eigenvalue weighted by Crippen LogP contribution is -2.17. The van der Waals surface area contributed by atoms with Crippen LogP contribution < -0.4 is 5.56 Å². The van der Waals surface area contributed by atoms with Crippen molar-refractivity contribution in [3.05, 3.63) is 34.1 Å². The Kier molecular flexibility index (Phi) is 3.29. The van der Waals surface area contributed by atoms with Gasteiger partial charge in [0.2, 0.25) is 5.88 Å². The number of rotatable bonds is 2. The molecule has 1 aromatic carbocycles. The van der Waals surface area contributed by atoms with Crippen molar-refractivity contribution in [3.63, 3.8) is 0 Å². The number of aromatic hydroxyl groups is 3. The first kappa shape index (κ1) is 13.5. The van der Waals surface area contributed by atoms with E-state index in [9.17, 15) is 20.1 Å². The summed E-state index contributed by atoms with van der Waals surface area (Å²) >= 11 is 0. The van der Waals surface area contributed by atoms with Crippen LogP contribution >= 0.6 is 0 Å². The summed E-state index contributed by atoms with van der Waals surface area (Å²) in [5.41, 5.74) is 0.409. The minimum atomic E-state index is -0.350. The average Bonchev–Trinajstić information content (AvgIpc) is 2.95. The zero-order valence-electron chi connectivity index (χ0n) is 11.3. The number of phenolic OH excluding ortho intramolecular Hbond substituents is 2. The van der Waals surface area contributed by atoms with E-state index in [0.29, 0.717) is 11.1 Å². The van der Waals surface area contributed by atoms with Gasteiger partial charge in [0.1, 0.15) is 5.82 Å². The van der Waals surface area contributed by atoms with Gasteiger partial charge in [0.15, 0.2) is 11.5 Å². The van der Waals surface area contributed by atoms with Crippen LogP contribution in [0.25, 0.3) is 11.4 Å². The van der Waals surface area contributed by atoms with Gasteiger partial charge in [-0.2, -0.15) is 4.98 Å². The fraction of sp³-hybridized carbons (Fsp3) is 0.333. The molecule has 1 heterocycles. The summed E-state index contributed by atoms with van der Waals surface area (Å²) in [7, 11) is 0. The molecule has 110 valence electrons. The van der Waals surface area contributed by atoms with E-state index < -0.39 is 0 Å². The SMILES string of the molecule is O=c1[nH]c(-c2ccc(O)c(O)c2)nc(O)c1C1CCCC1. The Balaban J connectivity index is 2.05. The summed E-state index contributed by atoms with van der Waals surface area (Å²) in [4.78, 5) is 18.9. The summed E-state index contributed by atoms with van der Waals surface area (Å²) in [5.74, 6) is -0.603. The second-order valence-electron chi connectivity index (χ2n) is 5.34. The van der Waals surface area contributed by atoms with Crippen LogP contribution in [0.15, 0.2) is 23.0 Å². The minimum Gasteiger partial charge on any atom is -0.504 e. The molecule has 6 heteroatoms. The molecule has 0 aliphatic heterocycles. The van der Waals surface area contributed by atoms with Crippen molar-refractivity contribution in [3.8, 4) is 28.8 Å². The molecule has 0 radical (unpaired) electrons. The maximum atomic E-state index is 12.2. The third kappa shape index (κ3) is 2.44. The molecule has 0 atom stereocenters. The Morgan fingerprint density at radius 3 is 2.43 bits per heavy atom. The van der Waals surface area contributed by atoms with Crippen LogP contribution in [0.1, 0.15) is 37.2 Å². The summed E-state index contributed by atoms with van der Waals surface area (Å²) in [6.07, 6.45) is 3.88. The van der Waals surface area contributed by atoms with E-state index >= 15 is 0 Å². The lowest BCUT2D eigenvalue weighted by atomic mass is 10.00. The van der Waals surface area contributed by atoms with Crippen LogP contribution in [0.4, 0.5) is 0 Å². The Morgan fingerprint density at radius 2 is 1.81 bits per heavy atom. The van der Waals surface area contributed by atoms with Crippen molar-refractivity contribution in [2.75, 3.05) is 0 Å². The zero-order chi connectivity index (χ0) is 15.0. The molecule has 6 nitrogen and oxygen atoms in total. The Hall–Kier alpha value is -2.50. The Bertz CT molecular complexity index is 733. The van der Waals surface area contributed by atoms with E-state index in [2.05, 4.69) is 9.97 Å². The number of hydrogen-bond acceptors (Lipinski definition) is 5. The van der Waals surface area contributed by atoms with Gasteiger partial charge >= 0.3 is 0 Å². The zero-order valence-corrected chi connectivity index (χ0v) is 11.3. The van der Waals surface area contributed by atoms with E-state index in [4.69, 9.17) is 0 Å². The first-order valence-electron chi connectivity index (χ1n) is 6.92. The maximum absolute atomic E-state index is 12.2. The van der Waals surface area contributed by atoms with Gasteiger partial charge < -0.3 is 20.3 Å². The topological polar surface area (TPSA) is 106 Å². The van der Waals surface area contributed by atoms with Crippen molar-refractivity contribution in [2.24, 2.45) is 0 Å². The molecule has 0 saturated heterocycles. The average molecular weight is 288 g/mol. The highest BCUT2D eigenvalue weighted by atomic mass is 16.3. The van der Waals surface area contributed by atoms with Crippen molar-refractivity contribution in [1.82, 2.24) is 9.97 Å². The summed E-state index contributed by atoms with van der Waals surface area (Å²) in [6, 6.07) is 4.08. The smallest absolute Gasteiger partial charge is 0.258 e. The second-order valence-corrected chi connectivity index (χ2v) is 5.34. The number of hydrogen-bond donors (Lipinski definition) is 4. The molecule has 0 bridgehead atoms. The first-order chi connectivity index (χ1) is 10.1. The Morgan fingerprint density at radius 1 is 1.10 bits per heavy atom. The fourth-order valence-electron chi connectivity index (χ4n) is 2.86. The van der Waals surface area contributed by atoms with Crippen LogP contribution in [0.5, 0.6) is 17.4 Å². The molecule has 4 N–H and O–H groups in total. The van der Waals surface area contributed by atoms with E-state index in [1.165, 1.54) is 18.2 Å². The predicted molar refractivity (Wildman–Crippen MR) is 76.5 cm³/mol. The molecular formula is C15H16N2O4. The molecular weight excluding hydrogens is 272 g/mol. The number of benzene rings is 1. The number of nitrogens with zero attached hydrogens (tertiary/aromatic N) is 1. The van der Waals surface area contributed by atoms with Crippen molar-refractivity contribution in [1.29, 1.82) is 0 Å². The summed E-state index contributed by atoms with van der Waals surface area (Å²) in [5, 5.41) is 28.9. The van der Waals surface area contributed by atoms with Crippen molar-refractivity contribution in [2.45, 2.75) is 31.6 Å². The lowest BCUT2D eigenvalue weighted by Gasteiger charge is -2.11. The van der Waals surface area contributed by atoms with Gasteiger partial charge in [-0.05, 0) is 37.0 Å².